The monoisotopic (exact) mass is 587 g/mol. The van der Waals surface area contributed by atoms with Crippen LogP contribution in [0.1, 0.15) is 105 Å². The summed E-state index contributed by atoms with van der Waals surface area (Å²) in [6.07, 6.45) is 0. The van der Waals surface area contributed by atoms with E-state index in [0.717, 1.165) is 34.2 Å². The molecule has 0 aliphatic rings. The molecule has 3 aromatic heterocycles. The zero-order chi connectivity index (χ0) is 32.8. The molecule has 0 aliphatic heterocycles. The van der Waals surface area contributed by atoms with Crippen molar-refractivity contribution < 1.29 is 0 Å². The predicted molar refractivity (Wildman–Crippen MR) is 187 cm³/mol. The van der Waals surface area contributed by atoms with E-state index in [4.69, 9.17) is 0 Å². The lowest BCUT2D eigenvalue weighted by Crippen LogP contribution is -1.98. The average molecular weight is 588 g/mol. The number of hydrogen-bond donors (Lipinski definition) is 0. The summed E-state index contributed by atoms with van der Waals surface area (Å²) in [4.78, 5) is 16.0. The first-order valence-corrected chi connectivity index (χ1v) is 15.8. The Balaban J connectivity index is 0.000000281. The molecule has 0 radical (unpaired) electrons. The molecule has 230 valence electrons. The fraction of sp³-hybridized carbons (Fsp3) is 0.500. The number of aromatic nitrogens is 3. The minimum atomic E-state index is 1.03. The largest absolute Gasteiger partial charge is 0.258 e. The van der Waals surface area contributed by atoms with Crippen LogP contribution in [0.4, 0.5) is 0 Å². The van der Waals surface area contributed by atoms with E-state index in [2.05, 4.69) is 119 Å². The zero-order valence-electron chi connectivity index (χ0n) is 30.2. The number of aryl methyl sites for hydroxylation is 8. The van der Waals surface area contributed by atoms with Crippen LogP contribution in [0.25, 0.3) is 0 Å². The van der Waals surface area contributed by atoms with E-state index in [0.29, 0.717) is 0 Å². The summed E-state index contributed by atoms with van der Waals surface area (Å²) in [6, 6.07) is 0. The Hall–Kier alpha value is -2.85. The van der Waals surface area contributed by atoms with E-state index in [-0.39, 0.29) is 0 Å². The Labute approximate surface area is 262 Å². The van der Waals surface area contributed by atoms with Crippen molar-refractivity contribution in [3.63, 3.8) is 0 Å². The molecule has 0 N–H and O–H groups in total. The van der Waals surface area contributed by atoms with Gasteiger partial charge in [-0.3, -0.25) is 15.0 Å². The SMILES string of the molecule is Cc1c(C)c(C)c(C)c(C)c1C.Cc1nc(C)c(C)c(C)c1C.Cc1nc(C)c(C)nc1C.Cc1sc(C)c(C)c1C. The third kappa shape index (κ3) is 9.07. The van der Waals surface area contributed by atoms with Crippen molar-refractivity contribution >= 4 is 11.3 Å². The van der Waals surface area contributed by atoms with Crippen LogP contribution < -0.4 is 0 Å². The first-order chi connectivity index (χ1) is 19.2. The fourth-order valence-corrected chi connectivity index (χ4v) is 5.74. The van der Waals surface area contributed by atoms with Gasteiger partial charge < -0.3 is 0 Å². The molecule has 4 heteroatoms. The Bertz CT molecular complexity index is 1350. The van der Waals surface area contributed by atoms with Gasteiger partial charge >= 0.3 is 0 Å². The van der Waals surface area contributed by atoms with Crippen LogP contribution in [-0.4, -0.2) is 15.0 Å². The van der Waals surface area contributed by atoms with Gasteiger partial charge in [0.15, 0.2) is 0 Å². The van der Waals surface area contributed by atoms with Gasteiger partial charge in [0.05, 0.1) is 22.8 Å². The van der Waals surface area contributed by atoms with E-state index in [9.17, 15) is 0 Å². The summed E-state index contributed by atoms with van der Waals surface area (Å²) in [5.74, 6) is 0. The molecule has 0 bridgehead atoms. The first kappa shape index (κ1) is 37.2. The summed E-state index contributed by atoms with van der Waals surface area (Å²) in [5.41, 5.74) is 22.1. The maximum atomic E-state index is 4.43. The normalized spacial score (nSPS) is 10.3. The van der Waals surface area contributed by atoms with Gasteiger partial charge in [0, 0.05) is 21.1 Å². The van der Waals surface area contributed by atoms with Gasteiger partial charge in [-0.2, -0.15) is 0 Å². The highest BCUT2D eigenvalue weighted by molar-refractivity contribution is 7.12. The van der Waals surface area contributed by atoms with E-state index in [1.807, 2.05) is 39.0 Å². The topological polar surface area (TPSA) is 38.7 Å². The van der Waals surface area contributed by atoms with Crippen LogP contribution in [0.3, 0.4) is 0 Å². The highest BCUT2D eigenvalue weighted by Gasteiger charge is 2.08. The van der Waals surface area contributed by atoms with E-state index < -0.39 is 0 Å². The molecule has 3 nitrogen and oxygen atoms in total. The van der Waals surface area contributed by atoms with Crippen LogP contribution in [-0.2, 0) is 0 Å². The van der Waals surface area contributed by atoms with Gasteiger partial charge in [-0.25, -0.2) is 0 Å². The lowest BCUT2D eigenvalue weighted by atomic mass is 9.90. The van der Waals surface area contributed by atoms with Gasteiger partial charge in [-0.1, -0.05) is 0 Å². The molecule has 0 amide bonds. The summed E-state index contributed by atoms with van der Waals surface area (Å²) >= 11 is 1.90. The van der Waals surface area contributed by atoms with Gasteiger partial charge in [0.2, 0.25) is 0 Å². The number of pyridine rings is 1. The van der Waals surface area contributed by atoms with Gasteiger partial charge in [-0.05, 0) is 193 Å². The Morgan fingerprint density at radius 2 is 0.429 bits per heavy atom. The maximum absolute atomic E-state index is 4.43. The Morgan fingerprint density at radius 3 is 0.619 bits per heavy atom. The molecule has 0 saturated heterocycles. The van der Waals surface area contributed by atoms with Crippen molar-refractivity contribution in [3.8, 4) is 0 Å². The number of rotatable bonds is 0. The molecule has 0 fully saturated rings. The number of thiophene rings is 1. The molecule has 0 atom stereocenters. The third-order valence-corrected chi connectivity index (χ3v) is 10.8. The number of benzene rings is 1. The Kier molecular flexibility index (Phi) is 13.8. The van der Waals surface area contributed by atoms with Crippen LogP contribution in [0, 0.1) is 132 Å². The molecule has 0 spiro atoms. The third-order valence-electron chi connectivity index (χ3n) is 9.56. The fourth-order valence-electron chi connectivity index (χ4n) is 4.67. The minimum absolute atomic E-state index is 1.03. The molecule has 0 aliphatic carbocycles. The highest BCUT2D eigenvalue weighted by Crippen LogP contribution is 2.25. The zero-order valence-corrected chi connectivity index (χ0v) is 31.1. The second-order valence-corrected chi connectivity index (χ2v) is 13.4. The molecular formula is C38H57N3S. The summed E-state index contributed by atoms with van der Waals surface area (Å²) in [7, 11) is 0. The molecule has 1 aromatic carbocycles. The molecule has 4 rings (SSSR count). The Morgan fingerprint density at radius 1 is 0.238 bits per heavy atom. The summed E-state index contributed by atoms with van der Waals surface area (Å²) in [5, 5.41) is 0. The molecule has 42 heavy (non-hydrogen) atoms. The number of hydrogen-bond acceptors (Lipinski definition) is 4. The van der Waals surface area contributed by atoms with Crippen LogP contribution >= 0.6 is 11.3 Å². The highest BCUT2D eigenvalue weighted by atomic mass is 32.1. The number of nitrogens with zero attached hydrogens (tertiary/aromatic N) is 3. The lowest BCUT2D eigenvalue weighted by Gasteiger charge is -2.15. The standard InChI is InChI=1S/C12H18.C10H15N.C8H12N2.C8H12S/c1-7-8(2)10(4)12(6)11(5)9(7)3;1-6-7(2)9(4)11-10(5)8(6)3;1-5-6(2)10-8(4)7(3)9-5;1-5-6(2)8(4)9-7(5)3/h1-6H3;1-5H3;1-4H3;1-4H3. The smallest absolute Gasteiger partial charge is 0.0588 e. The van der Waals surface area contributed by atoms with Crippen molar-refractivity contribution in [2.24, 2.45) is 0 Å². The van der Waals surface area contributed by atoms with E-state index >= 15 is 0 Å². The van der Waals surface area contributed by atoms with Crippen molar-refractivity contribution in [2.75, 3.05) is 0 Å². The summed E-state index contributed by atoms with van der Waals surface area (Å²) < 4.78 is 0. The van der Waals surface area contributed by atoms with Crippen LogP contribution in [0.5, 0.6) is 0 Å². The molecule has 0 unspecified atom stereocenters. The molecule has 4 aromatic rings. The van der Waals surface area contributed by atoms with Gasteiger partial charge in [0.1, 0.15) is 0 Å². The second-order valence-electron chi connectivity index (χ2n) is 11.9. The van der Waals surface area contributed by atoms with Gasteiger partial charge in [-0.15, -0.1) is 11.3 Å². The van der Waals surface area contributed by atoms with Crippen LogP contribution in [0.15, 0.2) is 0 Å². The second kappa shape index (κ2) is 15.6. The maximum Gasteiger partial charge on any atom is 0.0588 e. The van der Waals surface area contributed by atoms with Gasteiger partial charge in [0.25, 0.3) is 0 Å². The minimum Gasteiger partial charge on any atom is -0.258 e. The summed E-state index contributed by atoms with van der Waals surface area (Å²) in [6.45, 7) is 40.5. The molecule has 0 saturated carbocycles. The average Bonchev–Trinajstić information content (AvgIpc) is 3.16. The van der Waals surface area contributed by atoms with E-state index in [1.165, 1.54) is 71.0 Å². The molecule has 3 heterocycles. The predicted octanol–water partition coefficient (Wildman–Crippen LogP) is 10.9. The first-order valence-electron chi connectivity index (χ1n) is 15.0. The van der Waals surface area contributed by atoms with Crippen molar-refractivity contribution in [3.05, 3.63) is 105 Å². The molecular weight excluding hydrogens is 531 g/mol. The quantitative estimate of drug-likeness (QED) is 0.205. The van der Waals surface area contributed by atoms with Crippen molar-refractivity contribution in [1.82, 2.24) is 15.0 Å². The van der Waals surface area contributed by atoms with Crippen LogP contribution in [0.2, 0.25) is 0 Å². The van der Waals surface area contributed by atoms with E-state index in [1.54, 1.807) is 0 Å². The van der Waals surface area contributed by atoms with Crippen molar-refractivity contribution in [1.29, 1.82) is 0 Å². The lowest BCUT2D eigenvalue weighted by molar-refractivity contribution is 0.959. The van der Waals surface area contributed by atoms with Crippen molar-refractivity contribution in [2.45, 2.75) is 132 Å².